The fourth-order valence-electron chi connectivity index (χ4n) is 0.827. The molecule has 0 aliphatic heterocycles. The Bertz CT molecular complexity index is 183. The van der Waals surface area contributed by atoms with Crippen LogP contribution in [0, 0.1) is 0 Å². The summed E-state index contributed by atoms with van der Waals surface area (Å²) < 4.78 is 0. The SMILES string of the molecule is CCC.O=C=NCCCCCCN=C=O. The molecule has 0 bridgehead atoms. The van der Waals surface area contributed by atoms with Crippen molar-refractivity contribution in [3.8, 4) is 0 Å². The third kappa shape index (κ3) is 24.5. The van der Waals surface area contributed by atoms with Crippen LogP contribution in [0.4, 0.5) is 0 Å². The maximum Gasteiger partial charge on any atom is 0.234 e. The predicted octanol–water partition coefficient (Wildman–Crippen LogP) is 2.63. The maximum absolute atomic E-state index is 9.63. The van der Waals surface area contributed by atoms with Crippen LogP contribution in [0.15, 0.2) is 9.98 Å². The molecule has 0 N–H and O–H groups in total. The number of carbonyl (C=O) groups excluding carboxylic acids is 2. The van der Waals surface area contributed by atoms with Crippen LogP contribution in [0.2, 0.25) is 0 Å². The Balaban J connectivity index is 0. The molecule has 0 unspecified atom stereocenters. The van der Waals surface area contributed by atoms with Gasteiger partial charge in [-0.2, -0.15) is 0 Å². The number of unbranched alkanes of at least 4 members (excludes halogenated alkanes) is 3. The van der Waals surface area contributed by atoms with Gasteiger partial charge in [0.2, 0.25) is 12.2 Å². The molecular formula is C11H20N2O2. The smallest absolute Gasteiger partial charge is 0.211 e. The molecule has 0 aromatic rings. The Morgan fingerprint density at radius 2 is 1.13 bits per heavy atom. The Labute approximate surface area is 91.5 Å². The van der Waals surface area contributed by atoms with Crippen LogP contribution in [0.1, 0.15) is 46.0 Å². The van der Waals surface area contributed by atoms with Gasteiger partial charge in [-0.05, 0) is 12.8 Å². The Morgan fingerprint density at radius 1 is 0.800 bits per heavy atom. The molecule has 0 atom stereocenters. The third-order valence-corrected chi connectivity index (χ3v) is 1.42. The van der Waals surface area contributed by atoms with Gasteiger partial charge in [-0.15, -0.1) is 0 Å². The molecule has 0 aliphatic carbocycles. The minimum Gasteiger partial charge on any atom is -0.211 e. The van der Waals surface area contributed by atoms with Crippen LogP contribution in [-0.2, 0) is 9.59 Å². The Kier molecular flexibility index (Phi) is 20.0. The first kappa shape index (κ1) is 16.2. The van der Waals surface area contributed by atoms with Gasteiger partial charge >= 0.3 is 0 Å². The summed E-state index contributed by atoms with van der Waals surface area (Å²) in [7, 11) is 0. The fourth-order valence-corrected chi connectivity index (χ4v) is 0.827. The van der Waals surface area contributed by atoms with Crippen LogP contribution in [-0.4, -0.2) is 25.2 Å². The first-order chi connectivity index (χ1) is 7.33. The van der Waals surface area contributed by atoms with E-state index in [9.17, 15) is 9.59 Å². The molecule has 0 aromatic heterocycles. The molecule has 0 amide bonds. The second-order valence-electron chi connectivity index (χ2n) is 3.07. The molecule has 15 heavy (non-hydrogen) atoms. The fraction of sp³-hybridized carbons (Fsp3) is 0.818. The minimum absolute atomic E-state index is 0.556. The molecule has 0 fully saturated rings. The average Bonchev–Trinajstić information content (AvgIpc) is 2.23. The highest BCUT2D eigenvalue weighted by Crippen LogP contribution is 1.99. The van der Waals surface area contributed by atoms with Crippen molar-refractivity contribution in [3.63, 3.8) is 0 Å². The van der Waals surface area contributed by atoms with Crippen LogP contribution >= 0.6 is 0 Å². The highest BCUT2D eigenvalue weighted by molar-refractivity contribution is 5.32. The molecular weight excluding hydrogens is 192 g/mol. The normalized spacial score (nSPS) is 7.87. The van der Waals surface area contributed by atoms with Crippen molar-refractivity contribution < 1.29 is 9.59 Å². The van der Waals surface area contributed by atoms with Gasteiger partial charge in [0.05, 0.1) is 13.1 Å². The zero-order valence-electron chi connectivity index (χ0n) is 9.66. The maximum atomic E-state index is 9.63. The van der Waals surface area contributed by atoms with Crippen molar-refractivity contribution in [2.75, 3.05) is 13.1 Å². The van der Waals surface area contributed by atoms with Crippen molar-refractivity contribution in [2.45, 2.75) is 46.0 Å². The third-order valence-electron chi connectivity index (χ3n) is 1.42. The predicted molar refractivity (Wildman–Crippen MR) is 60.4 cm³/mol. The molecule has 0 saturated carbocycles. The molecule has 4 nitrogen and oxygen atoms in total. The summed E-state index contributed by atoms with van der Waals surface area (Å²) in [6.45, 7) is 5.36. The van der Waals surface area contributed by atoms with Crippen molar-refractivity contribution in [2.24, 2.45) is 9.98 Å². The number of nitrogens with zero attached hydrogens (tertiary/aromatic N) is 2. The van der Waals surface area contributed by atoms with Gasteiger partial charge in [-0.3, -0.25) is 0 Å². The van der Waals surface area contributed by atoms with E-state index in [4.69, 9.17) is 0 Å². The Morgan fingerprint density at radius 3 is 1.40 bits per heavy atom. The second-order valence-corrected chi connectivity index (χ2v) is 3.07. The van der Waals surface area contributed by atoms with E-state index in [2.05, 4.69) is 23.8 Å². The van der Waals surface area contributed by atoms with E-state index < -0.39 is 0 Å². The number of hydrogen-bond acceptors (Lipinski definition) is 4. The van der Waals surface area contributed by atoms with E-state index in [0.29, 0.717) is 13.1 Å². The minimum atomic E-state index is 0.556. The van der Waals surface area contributed by atoms with Crippen LogP contribution in [0.25, 0.3) is 0 Å². The number of rotatable bonds is 7. The number of isocyanates is 2. The van der Waals surface area contributed by atoms with Crippen LogP contribution in [0.5, 0.6) is 0 Å². The lowest BCUT2D eigenvalue weighted by Crippen LogP contribution is -1.84. The lowest BCUT2D eigenvalue weighted by atomic mass is 10.2. The van der Waals surface area contributed by atoms with Crippen molar-refractivity contribution >= 4 is 12.2 Å². The summed E-state index contributed by atoms with van der Waals surface area (Å²) in [5, 5.41) is 0. The summed E-state index contributed by atoms with van der Waals surface area (Å²) in [4.78, 5) is 26.1. The van der Waals surface area contributed by atoms with E-state index in [0.717, 1.165) is 25.7 Å². The summed E-state index contributed by atoms with van der Waals surface area (Å²) in [5.74, 6) is 0. The van der Waals surface area contributed by atoms with E-state index in [1.807, 2.05) is 0 Å². The van der Waals surface area contributed by atoms with Gasteiger partial charge in [0.1, 0.15) is 0 Å². The summed E-state index contributed by atoms with van der Waals surface area (Å²) in [6.07, 6.45) is 8.05. The van der Waals surface area contributed by atoms with Gasteiger partial charge in [-0.25, -0.2) is 19.6 Å². The average molecular weight is 212 g/mol. The molecule has 0 heterocycles. The molecule has 0 rings (SSSR count). The van der Waals surface area contributed by atoms with Crippen molar-refractivity contribution in [3.05, 3.63) is 0 Å². The summed E-state index contributed by atoms with van der Waals surface area (Å²) in [5.41, 5.74) is 0. The van der Waals surface area contributed by atoms with Crippen LogP contribution in [0.3, 0.4) is 0 Å². The zero-order chi connectivity index (χ0) is 11.8. The van der Waals surface area contributed by atoms with E-state index >= 15 is 0 Å². The van der Waals surface area contributed by atoms with E-state index in [-0.39, 0.29) is 0 Å². The molecule has 0 spiro atoms. The summed E-state index contributed by atoms with van der Waals surface area (Å²) in [6, 6.07) is 0. The molecule has 0 aromatic carbocycles. The topological polar surface area (TPSA) is 58.9 Å². The highest BCUT2D eigenvalue weighted by Gasteiger charge is 1.87. The lowest BCUT2D eigenvalue weighted by molar-refractivity contribution is 0.558. The first-order valence-electron chi connectivity index (χ1n) is 5.40. The van der Waals surface area contributed by atoms with E-state index in [1.165, 1.54) is 18.6 Å². The van der Waals surface area contributed by atoms with Gasteiger partial charge in [-0.1, -0.05) is 33.1 Å². The van der Waals surface area contributed by atoms with Gasteiger partial charge < -0.3 is 0 Å². The van der Waals surface area contributed by atoms with Crippen molar-refractivity contribution in [1.29, 1.82) is 0 Å². The zero-order valence-corrected chi connectivity index (χ0v) is 9.66. The highest BCUT2D eigenvalue weighted by atomic mass is 16.1. The van der Waals surface area contributed by atoms with Gasteiger partial charge in [0, 0.05) is 0 Å². The Hall–Kier alpha value is -1.24. The van der Waals surface area contributed by atoms with Gasteiger partial charge in [0.25, 0.3) is 0 Å². The molecule has 0 aliphatic rings. The second kappa shape index (κ2) is 18.5. The summed E-state index contributed by atoms with van der Waals surface area (Å²) >= 11 is 0. The molecule has 0 saturated heterocycles. The number of hydrogen-bond donors (Lipinski definition) is 0. The molecule has 0 radical (unpaired) electrons. The standard InChI is InChI=1S/C8H12N2O2.C3H8/c11-7-9-5-3-1-2-4-6-10-8-12;1-3-2/h1-6H2;3H2,1-2H3. The monoisotopic (exact) mass is 212 g/mol. The lowest BCUT2D eigenvalue weighted by Gasteiger charge is -1.93. The number of aliphatic imine (C=N–C) groups is 2. The first-order valence-corrected chi connectivity index (χ1v) is 5.40. The van der Waals surface area contributed by atoms with Crippen molar-refractivity contribution in [1.82, 2.24) is 0 Å². The largest absolute Gasteiger partial charge is 0.234 e. The van der Waals surface area contributed by atoms with Gasteiger partial charge in [0.15, 0.2) is 0 Å². The molecule has 4 heteroatoms. The van der Waals surface area contributed by atoms with Crippen LogP contribution < -0.4 is 0 Å². The van der Waals surface area contributed by atoms with E-state index in [1.54, 1.807) is 0 Å². The quantitative estimate of drug-likeness (QED) is 0.370. The molecule has 86 valence electrons.